The molecule has 1 atom stereocenters. The highest BCUT2D eigenvalue weighted by Crippen LogP contribution is 2.21. The summed E-state index contributed by atoms with van der Waals surface area (Å²) in [5, 5.41) is -0.391. The van der Waals surface area contributed by atoms with Crippen LogP contribution in [0.1, 0.15) is 6.92 Å². The van der Waals surface area contributed by atoms with Gasteiger partial charge in [0.2, 0.25) is 10.0 Å². The second-order valence-corrected chi connectivity index (χ2v) is 6.10. The minimum Gasteiger partial charge on any atom is -0.210 e. The minimum atomic E-state index is -3.81. The third-order valence-corrected chi connectivity index (χ3v) is 3.80. The maximum atomic E-state index is 12.9. The number of benzene rings is 1. The number of hydrogen-bond acceptors (Lipinski definition) is 2. The van der Waals surface area contributed by atoms with Gasteiger partial charge in [-0.15, -0.1) is 11.6 Å². The van der Waals surface area contributed by atoms with Gasteiger partial charge < -0.3 is 0 Å². The molecular formula is C9H10Cl2FNO2S. The molecule has 16 heavy (non-hydrogen) atoms. The molecule has 0 aromatic heterocycles. The topological polar surface area (TPSA) is 46.2 Å². The van der Waals surface area contributed by atoms with Gasteiger partial charge in [-0.25, -0.2) is 17.5 Å². The van der Waals surface area contributed by atoms with E-state index in [9.17, 15) is 12.8 Å². The molecule has 3 nitrogen and oxygen atoms in total. The number of hydrogen-bond donors (Lipinski definition) is 1. The lowest BCUT2D eigenvalue weighted by Gasteiger charge is -2.09. The molecule has 0 spiro atoms. The molecule has 0 radical (unpaired) electrons. The molecule has 0 amide bonds. The van der Waals surface area contributed by atoms with E-state index in [2.05, 4.69) is 4.72 Å². The van der Waals surface area contributed by atoms with Crippen LogP contribution >= 0.6 is 23.2 Å². The molecule has 7 heteroatoms. The SMILES string of the molecule is CC(Cl)CNS(=O)(=O)c1cc(F)ccc1Cl. The number of halogens is 3. The molecule has 0 saturated heterocycles. The van der Waals surface area contributed by atoms with Crippen LogP contribution in [0, 0.1) is 5.82 Å². The Hall–Kier alpha value is -0.360. The molecule has 0 heterocycles. The van der Waals surface area contributed by atoms with Crippen molar-refractivity contribution in [3.63, 3.8) is 0 Å². The van der Waals surface area contributed by atoms with Gasteiger partial charge in [0.1, 0.15) is 10.7 Å². The lowest BCUT2D eigenvalue weighted by molar-refractivity contribution is 0.577. The van der Waals surface area contributed by atoms with Crippen LogP contribution in [0.3, 0.4) is 0 Å². The molecule has 1 N–H and O–H groups in total. The van der Waals surface area contributed by atoms with Crippen molar-refractivity contribution < 1.29 is 12.8 Å². The Morgan fingerprint density at radius 3 is 2.69 bits per heavy atom. The average Bonchev–Trinajstić information content (AvgIpc) is 2.19. The van der Waals surface area contributed by atoms with Crippen molar-refractivity contribution in [1.82, 2.24) is 4.72 Å². The molecule has 0 bridgehead atoms. The Balaban J connectivity index is 3.02. The van der Waals surface area contributed by atoms with Crippen LogP contribution in [0.15, 0.2) is 23.1 Å². The van der Waals surface area contributed by atoms with Crippen LogP contribution in [0.5, 0.6) is 0 Å². The average molecular weight is 286 g/mol. The summed E-state index contributed by atoms with van der Waals surface area (Å²) in [4.78, 5) is -0.286. The van der Waals surface area contributed by atoms with Gasteiger partial charge in [-0.2, -0.15) is 0 Å². The summed E-state index contributed by atoms with van der Waals surface area (Å²) in [6.45, 7) is 1.69. The van der Waals surface area contributed by atoms with Gasteiger partial charge in [0.15, 0.2) is 0 Å². The van der Waals surface area contributed by atoms with E-state index in [1.165, 1.54) is 6.07 Å². The minimum absolute atomic E-state index is 0.0314. The molecule has 1 aromatic carbocycles. The molecule has 1 unspecified atom stereocenters. The monoisotopic (exact) mass is 285 g/mol. The summed E-state index contributed by atoms with van der Waals surface area (Å²) in [7, 11) is -3.81. The Labute approximate surface area is 104 Å². The largest absolute Gasteiger partial charge is 0.242 e. The van der Waals surface area contributed by atoms with Crippen molar-refractivity contribution in [1.29, 1.82) is 0 Å². The standard InChI is InChI=1S/C9H10Cl2FNO2S/c1-6(10)5-13-16(14,15)9-4-7(12)2-3-8(9)11/h2-4,6,13H,5H2,1H3. The Kier molecular flexibility index (Phi) is 4.55. The summed E-state index contributed by atoms with van der Waals surface area (Å²) in [5.41, 5.74) is 0. The first-order valence-electron chi connectivity index (χ1n) is 4.41. The van der Waals surface area contributed by atoms with E-state index >= 15 is 0 Å². The fourth-order valence-electron chi connectivity index (χ4n) is 0.985. The van der Waals surface area contributed by atoms with E-state index in [4.69, 9.17) is 23.2 Å². The molecule has 0 saturated carbocycles. The van der Waals surface area contributed by atoms with E-state index in [0.717, 1.165) is 12.1 Å². The van der Waals surface area contributed by atoms with Crippen LogP contribution in [-0.4, -0.2) is 20.3 Å². The van der Waals surface area contributed by atoms with Crippen LogP contribution in [0.2, 0.25) is 5.02 Å². The lowest BCUT2D eigenvalue weighted by Crippen LogP contribution is -2.29. The Morgan fingerprint density at radius 1 is 1.50 bits per heavy atom. The third kappa shape index (κ3) is 3.59. The second kappa shape index (κ2) is 5.31. The second-order valence-electron chi connectivity index (χ2n) is 3.21. The fraction of sp³-hybridized carbons (Fsp3) is 0.333. The number of alkyl halides is 1. The highest BCUT2D eigenvalue weighted by Gasteiger charge is 2.18. The molecule has 0 fully saturated rings. The van der Waals surface area contributed by atoms with Crippen LogP contribution in [0.25, 0.3) is 0 Å². The zero-order chi connectivity index (χ0) is 12.3. The Bertz CT molecular complexity index is 476. The van der Waals surface area contributed by atoms with Crippen molar-refractivity contribution >= 4 is 33.2 Å². The predicted molar refractivity (Wildman–Crippen MR) is 61.9 cm³/mol. The quantitative estimate of drug-likeness (QED) is 0.864. The smallest absolute Gasteiger partial charge is 0.210 e. The van der Waals surface area contributed by atoms with Gasteiger partial charge >= 0.3 is 0 Å². The van der Waals surface area contributed by atoms with Crippen molar-refractivity contribution in [2.75, 3.05) is 6.54 Å². The highest BCUT2D eigenvalue weighted by molar-refractivity contribution is 7.89. The summed E-state index contributed by atoms with van der Waals surface area (Å²) < 4.78 is 38.5. The van der Waals surface area contributed by atoms with E-state index in [1.807, 2.05) is 0 Å². The molecule has 0 aliphatic carbocycles. The third-order valence-electron chi connectivity index (χ3n) is 1.74. The van der Waals surface area contributed by atoms with E-state index < -0.39 is 15.8 Å². The van der Waals surface area contributed by atoms with Gasteiger partial charge in [-0.05, 0) is 25.1 Å². The van der Waals surface area contributed by atoms with Gasteiger partial charge in [0.25, 0.3) is 0 Å². The van der Waals surface area contributed by atoms with Crippen LogP contribution < -0.4 is 4.72 Å². The van der Waals surface area contributed by atoms with Crippen molar-refractivity contribution in [2.24, 2.45) is 0 Å². The fourth-order valence-corrected chi connectivity index (χ4v) is 2.79. The van der Waals surface area contributed by atoms with E-state index in [1.54, 1.807) is 6.92 Å². The maximum absolute atomic E-state index is 12.9. The normalized spacial score (nSPS) is 13.8. The molecule has 90 valence electrons. The number of nitrogens with one attached hydrogen (secondary N) is 1. The molecule has 0 aliphatic heterocycles. The lowest BCUT2D eigenvalue weighted by atomic mass is 10.3. The van der Waals surface area contributed by atoms with E-state index in [-0.39, 0.29) is 21.8 Å². The molecule has 1 rings (SSSR count). The first kappa shape index (κ1) is 13.7. The van der Waals surface area contributed by atoms with Gasteiger partial charge in [-0.3, -0.25) is 0 Å². The zero-order valence-corrected chi connectivity index (χ0v) is 10.7. The predicted octanol–water partition coefficient (Wildman–Crippen LogP) is 2.38. The summed E-state index contributed by atoms with van der Waals surface area (Å²) in [6.07, 6.45) is 0. The Morgan fingerprint density at radius 2 is 2.12 bits per heavy atom. The molecule has 1 aromatic rings. The number of sulfonamides is 1. The molecular weight excluding hydrogens is 276 g/mol. The van der Waals surface area contributed by atoms with E-state index in [0.29, 0.717) is 0 Å². The summed E-state index contributed by atoms with van der Waals surface area (Å²) in [5.74, 6) is -0.663. The maximum Gasteiger partial charge on any atom is 0.242 e. The van der Waals surface area contributed by atoms with Crippen molar-refractivity contribution in [2.45, 2.75) is 17.2 Å². The first-order valence-corrected chi connectivity index (χ1v) is 6.71. The summed E-state index contributed by atoms with van der Waals surface area (Å²) >= 11 is 11.3. The first-order chi connectivity index (χ1) is 7.33. The van der Waals surface area contributed by atoms with Gasteiger partial charge in [-0.1, -0.05) is 11.6 Å². The zero-order valence-electron chi connectivity index (χ0n) is 8.38. The summed E-state index contributed by atoms with van der Waals surface area (Å²) in [6, 6.07) is 3.14. The highest BCUT2D eigenvalue weighted by atomic mass is 35.5. The molecule has 0 aliphatic rings. The van der Waals surface area contributed by atoms with Gasteiger partial charge in [0, 0.05) is 11.9 Å². The van der Waals surface area contributed by atoms with Gasteiger partial charge in [0.05, 0.1) is 5.02 Å². The van der Waals surface area contributed by atoms with Crippen molar-refractivity contribution in [3.05, 3.63) is 29.0 Å². The van der Waals surface area contributed by atoms with Crippen LogP contribution in [0.4, 0.5) is 4.39 Å². The van der Waals surface area contributed by atoms with Crippen molar-refractivity contribution in [3.8, 4) is 0 Å². The number of rotatable bonds is 4. The van der Waals surface area contributed by atoms with Crippen LogP contribution in [-0.2, 0) is 10.0 Å².